The van der Waals surface area contributed by atoms with E-state index in [0.717, 1.165) is 18.4 Å². The van der Waals surface area contributed by atoms with Crippen LogP contribution in [0, 0.1) is 0 Å². The van der Waals surface area contributed by atoms with E-state index in [1.807, 2.05) is 31.2 Å². The number of nitrogens with one attached hydrogen (secondary N) is 1. The number of hydrogen-bond donors (Lipinski definition) is 1. The smallest absolute Gasteiger partial charge is 0.264 e. The minimum atomic E-state index is -3.94. The summed E-state index contributed by atoms with van der Waals surface area (Å²) < 4.78 is 32.8. The lowest BCUT2D eigenvalue weighted by Crippen LogP contribution is -2.31. The monoisotopic (exact) mass is 439 g/mol. The summed E-state index contributed by atoms with van der Waals surface area (Å²) in [5, 5.41) is 0. The van der Waals surface area contributed by atoms with Gasteiger partial charge in [-0.05, 0) is 58.6 Å². The normalized spacial score (nSPS) is 11.2. The Morgan fingerprint density at radius 1 is 1.08 bits per heavy atom. The molecule has 0 saturated carbocycles. The van der Waals surface area contributed by atoms with Crippen LogP contribution in [0.5, 0.6) is 5.75 Å². The summed E-state index contributed by atoms with van der Waals surface area (Å²) in [5.74, 6) is -0.0248. The Kier molecular flexibility index (Phi) is 7.23. The number of halogens is 1. The predicted molar refractivity (Wildman–Crippen MR) is 105 cm³/mol. The maximum absolute atomic E-state index is 12.4. The van der Waals surface area contributed by atoms with Crippen LogP contribution in [0.1, 0.15) is 31.4 Å². The highest BCUT2D eigenvalue weighted by Crippen LogP contribution is 2.27. The first-order chi connectivity index (χ1) is 12.4. The van der Waals surface area contributed by atoms with Crippen LogP contribution in [0.4, 0.5) is 0 Å². The van der Waals surface area contributed by atoms with Crippen molar-refractivity contribution in [3.63, 3.8) is 0 Å². The number of rotatable bonds is 8. The molecule has 0 radical (unpaired) electrons. The van der Waals surface area contributed by atoms with E-state index in [-0.39, 0.29) is 11.3 Å². The Labute approximate surface area is 162 Å². The van der Waals surface area contributed by atoms with Crippen LogP contribution in [0.15, 0.2) is 51.8 Å². The average Bonchev–Trinajstić information content (AvgIpc) is 2.58. The molecule has 0 aliphatic rings. The van der Waals surface area contributed by atoms with Crippen LogP contribution in [-0.4, -0.2) is 20.9 Å². The Hall–Kier alpha value is -1.86. The van der Waals surface area contributed by atoms with E-state index in [0.29, 0.717) is 16.8 Å². The van der Waals surface area contributed by atoms with Crippen LogP contribution >= 0.6 is 15.9 Å². The highest BCUT2D eigenvalue weighted by Gasteiger charge is 2.19. The topological polar surface area (TPSA) is 72.5 Å². The second kappa shape index (κ2) is 9.19. The molecule has 2 aromatic rings. The zero-order chi connectivity index (χ0) is 19.2. The van der Waals surface area contributed by atoms with Crippen molar-refractivity contribution in [3.05, 3.63) is 58.1 Å². The summed E-state index contributed by atoms with van der Waals surface area (Å²) in [7, 11) is -3.94. The average molecular weight is 440 g/mol. The fourth-order valence-corrected chi connectivity index (χ4v) is 4.12. The molecule has 0 aromatic heterocycles. The Bertz CT molecular complexity index is 864. The molecule has 0 unspecified atom stereocenters. The summed E-state index contributed by atoms with van der Waals surface area (Å²) in [4.78, 5) is 12.1. The van der Waals surface area contributed by atoms with E-state index >= 15 is 0 Å². The molecule has 2 rings (SSSR count). The van der Waals surface area contributed by atoms with Gasteiger partial charge in [0.05, 0.1) is 22.4 Å². The van der Waals surface area contributed by atoms with Gasteiger partial charge in [-0.3, -0.25) is 4.79 Å². The minimum absolute atomic E-state index is 0.000489. The van der Waals surface area contributed by atoms with Crippen molar-refractivity contribution in [1.29, 1.82) is 0 Å². The molecule has 140 valence electrons. The van der Waals surface area contributed by atoms with E-state index in [2.05, 4.69) is 27.6 Å². The lowest BCUT2D eigenvalue weighted by Gasteiger charge is -2.10. The summed E-state index contributed by atoms with van der Waals surface area (Å²) in [6, 6.07) is 12.0. The SMILES string of the molecule is CCCc1ccc(CC(=O)NS(=O)(=O)c2ccc(OCC)c(Br)c2)cc1. The standard InChI is InChI=1S/C19H22BrNO4S/c1-3-5-14-6-8-15(9-7-14)12-19(22)21-26(23,24)16-10-11-18(25-4-2)17(20)13-16/h6-11,13H,3-5,12H2,1-2H3,(H,21,22). The van der Waals surface area contributed by atoms with Crippen LogP contribution in [-0.2, 0) is 27.7 Å². The van der Waals surface area contributed by atoms with Crippen LogP contribution in [0.3, 0.4) is 0 Å². The van der Waals surface area contributed by atoms with Gasteiger partial charge in [0.25, 0.3) is 10.0 Å². The van der Waals surface area contributed by atoms with Crippen molar-refractivity contribution < 1.29 is 17.9 Å². The molecule has 0 atom stereocenters. The van der Waals surface area contributed by atoms with Crippen LogP contribution < -0.4 is 9.46 Å². The van der Waals surface area contributed by atoms with E-state index in [4.69, 9.17) is 4.74 Å². The quantitative estimate of drug-likeness (QED) is 0.677. The van der Waals surface area contributed by atoms with Gasteiger partial charge in [0.1, 0.15) is 5.75 Å². The van der Waals surface area contributed by atoms with Gasteiger partial charge >= 0.3 is 0 Å². The molecule has 0 fully saturated rings. The molecule has 0 aliphatic carbocycles. The summed E-state index contributed by atoms with van der Waals surface area (Å²) in [6.45, 7) is 4.41. The molecule has 0 bridgehead atoms. The molecule has 0 spiro atoms. The molecular weight excluding hydrogens is 418 g/mol. The third kappa shape index (κ3) is 5.57. The molecule has 1 N–H and O–H groups in total. The number of amides is 1. The third-order valence-electron chi connectivity index (χ3n) is 3.69. The van der Waals surface area contributed by atoms with Crippen LogP contribution in [0.25, 0.3) is 0 Å². The fraction of sp³-hybridized carbons (Fsp3) is 0.316. The third-order valence-corrected chi connectivity index (χ3v) is 5.68. The lowest BCUT2D eigenvalue weighted by molar-refractivity contribution is -0.118. The zero-order valence-corrected chi connectivity index (χ0v) is 17.2. The number of carbonyl (C=O) groups is 1. The number of sulfonamides is 1. The van der Waals surface area contributed by atoms with Crippen LogP contribution in [0.2, 0.25) is 0 Å². The molecule has 26 heavy (non-hydrogen) atoms. The van der Waals surface area contributed by atoms with Crippen molar-refractivity contribution in [2.45, 2.75) is 38.0 Å². The molecular formula is C19H22BrNO4S. The second-order valence-corrected chi connectivity index (χ2v) is 8.33. The largest absolute Gasteiger partial charge is 0.493 e. The Morgan fingerprint density at radius 3 is 2.31 bits per heavy atom. The van der Waals surface area contributed by atoms with Gasteiger partial charge in [0.15, 0.2) is 0 Å². The minimum Gasteiger partial charge on any atom is -0.493 e. The first-order valence-electron chi connectivity index (χ1n) is 8.41. The van der Waals surface area contributed by atoms with Crippen molar-refractivity contribution in [2.24, 2.45) is 0 Å². The number of aryl methyl sites for hydroxylation is 1. The fourth-order valence-electron chi connectivity index (χ4n) is 2.46. The van der Waals surface area contributed by atoms with Crippen molar-refractivity contribution in [3.8, 4) is 5.75 Å². The van der Waals surface area contributed by atoms with E-state index in [9.17, 15) is 13.2 Å². The molecule has 0 aliphatic heterocycles. The Morgan fingerprint density at radius 2 is 1.73 bits per heavy atom. The number of hydrogen-bond acceptors (Lipinski definition) is 4. The zero-order valence-electron chi connectivity index (χ0n) is 14.8. The van der Waals surface area contributed by atoms with Crippen molar-refractivity contribution >= 4 is 31.9 Å². The summed E-state index contributed by atoms with van der Waals surface area (Å²) in [5.41, 5.74) is 1.97. The molecule has 0 heterocycles. The number of ether oxygens (including phenoxy) is 1. The van der Waals surface area contributed by atoms with Gasteiger partial charge in [-0.1, -0.05) is 37.6 Å². The molecule has 7 heteroatoms. The highest BCUT2D eigenvalue weighted by molar-refractivity contribution is 9.10. The molecule has 2 aromatic carbocycles. The highest BCUT2D eigenvalue weighted by atomic mass is 79.9. The van der Waals surface area contributed by atoms with Gasteiger partial charge in [0.2, 0.25) is 5.91 Å². The maximum Gasteiger partial charge on any atom is 0.264 e. The van der Waals surface area contributed by atoms with Crippen molar-refractivity contribution in [1.82, 2.24) is 4.72 Å². The lowest BCUT2D eigenvalue weighted by atomic mass is 10.1. The second-order valence-electron chi connectivity index (χ2n) is 5.80. The van der Waals surface area contributed by atoms with Crippen molar-refractivity contribution in [2.75, 3.05) is 6.61 Å². The van der Waals surface area contributed by atoms with Gasteiger partial charge in [-0.2, -0.15) is 0 Å². The molecule has 5 nitrogen and oxygen atoms in total. The maximum atomic E-state index is 12.4. The van der Waals surface area contributed by atoms with Gasteiger partial charge in [-0.25, -0.2) is 13.1 Å². The number of benzene rings is 2. The van der Waals surface area contributed by atoms with Gasteiger partial charge < -0.3 is 4.74 Å². The number of carbonyl (C=O) groups excluding carboxylic acids is 1. The molecule has 1 amide bonds. The van der Waals surface area contributed by atoms with E-state index in [1.54, 1.807) is 6.07 Å². The van der Waals surface area contributed by atoms with Gasteiger partial charge in [0, 0.05) is 0 Å². The van der Waals surface area contributed by atoms with E-state index < -0.39 is 15.9 Å². The van der Waals surface area contributed by atoms with E-state index in [1.165, 1.54) is 17.7 Å². The molecule has 0 saturated heterocycles. The predicted octanol–water partition coefficient (Wildman–Crippen LogP) is 3.85. The summed E-state index contributed by atoms with van der Waals surface area (Å²) >= 11 is 3.28. The first kappa shape index (κ1) is 20.5. The van der Waals surface area contributed by atoms with Gasteiger partial charge in [-0.15, -0.1) is 0 Å². The summed E-state index contributed by atoms with van der Waals surface area (Å²) in [6.07, 6.45) is 2.03. The first-order valence-corrected chi connectivity index (χ1v) is 10.7. The Balaban J connectivity index is 2.06.